The van der Waals surface area contributed by atoms with Gasteiger partial charge in [-0.2, -0.15) is 0 Å². The Hall–Kier alpha value is -2.90. The number of halogens is 2. The molecule has 0 aliphatic rings. The number of aryl methyl sites for hydroxylation is 1. The lowest BCUT2D eigenvalue weighted by Gasteiger charge is -2.08. The van der Waals surface area contributed by atoms with E-state index in [4.69, 9.17) is 28.9 Å². The third-order valence-corrected chi connectivity index (χ3v) is 4.86. The minimum absolute atomic E-state index is 0.0312. The second-order valence-corrected chi connectivity index (χ2v) is 7.07. The van der Waals surface area contributed by atoms with Gasteiger partial charge >= 0.3 is 0 Å². The van der Waals surface area contributed by atoms with Crippen LogP contribution >= 0.6 is 23.2 Å². The number of hydrogen-bond acceptors (Lipinski definition) is 4. The second-order valence-electron chi connectivity index (χ2n) is 6.26. The van der Waals surface area contributed by atoms with Crippen molar-refractivity contribution in [2.75, 3.05) is 6.54 Å². The van der Waals surface area contributed by atoms with Crippen LogP contribution < -0.4 is 11.1 Å². The molecule has 9 heteroatoms. The molecule has 29 heavy (non-hydrogen) atoms. The van der Waals surface area contributed by atoms with Crippen molar-refractivity contribution < 1.29 is 9.59 Å². The minimum atomic E-state index is -0.490. The maximum atomic E-state index is 12.5. The molecule has 3 rings (SSSR count). The van der Waals surface area contributed by atoms with Crippen LogP contribution in [0.5, 0.6) is 0 Å². The third-order valence-electron chi connectivity index (χ3n) is 4.25. The molecule has 3 aromatic rings. The van der Waals surface area contributed by atoms with Crippen molar-refractivity contribution in [1.82, 2.24) is 20.1 Å². The predicted molar refractivity (Wildman–Crippen MR) is 112 cm³/mol. The van der Waals surface area contributed by atoms with Crippen LogP contribution in [0.2, 0.25) is 10.0 Å². The summed E-state index contributed by atoms with van der Waals surface area (Å²) in [4.78, 5) is 28.1. The summed E-state index contributed by atoms with van der Waals surface area (Å²) in [5.41, 5.74) is 7.09. The number of benzene rings is 2. The van der Waals surface area contributed by atoms with E-state index in [-0.39, 0.29) is 5.82 Å². The second kappa shape index (κ2) is 9.07. The van der Waals surface area contributed by atoms with Gasteiger partial charge in [-0.1, -0.05) is 48.3 Å². The van der Waals surface area contributed by atoms with E-state index in [1.54, 1.807) is 36.4 Å². The zero-order chi connectivity index (χ0) is 21.0. The van der Waals surface area contributed by atoms with Crippen LogP contribution in [0, 0.1) is 0 Å². The summed E-state index contributed by atoms with van der Waals surface area (Å²) in [5.74, 6) is -0.299. The van der Waals surface area contributed by atoms with E-state index in [1.807, 2.05) is 13.0 Å². The van der Waals surface area contributed by atoms with Gasteiger partial charge in [-0.25, -0.2) is 9.67 Å². The standard InChI is InChI=1S/C20H19Cl2N5O2/c1-2-16-25-19(26-27(16)17-14(21)7-4-8-15(17)22)20(29)24-10-9-12-5-3-6-13(11-12)18(23)28/h3-8,11H,2,9-10H2,1H3,(H2,23,28)(H,24,29). The van der Waals surface area contributed by atoms with Crippen molar-refractivity contribution in [3.63, 3.8) is 0 Å². The molecular formula is C20H19Cl2N5O2. The molecule has 1 aromatic heterocycles. The smallest absolute Gasteiger partial charge is 0.290 e. The number of nitrogens with two attached hydrogens (primary N) is 1. The molecule has 3 N–H and O–H groups in total. The van der Waals surface area contributed by atoms with Crippen molar-refractivity contribution in [3.05, 3.63) is 75.3 Å². The number of primary amides is 1. The number of carbonyl (C=O) groups is 2. The van der Waals surface area contributed by atoms with Crippen LogP contribution in [0.25, 0.3) is 5.69 Å². The molecule has 150 valence electrons. The number of nitrogens with one attached hydrogen (secondary N) is 1. The molecule has 0 fully saturated rings. The van der Waals surface area contributed by atoms with Gasteiger partial charge in [-0.05, 0) is 36.2 Å². The van der Waals surface area contributed by atoms with Crippen molar-refractivity contribution in [3.8, 4) is 5.69 Å². The number of carbonyl (C=O) groups excluding carboxylic acids is 2. The highest BCUT2D eigenvalue weighted by atomic mass is 35.5. The van der Waals surface area contributed by atoms with E-state index in [1.165, 1.54) is 4.68 Å². The van der Waals surface area contributed by atoms with E-state index in [0.29, 0.717) is 46.5 Å². The lowest BCUT2D eigenvalue weighted by Crippen LogP contribution is -2.27. The van der Waals surface area contributed by atoms with Crippen molar-refractivity contribution in [1.29, 1.82) is 0 Å². The molecule has 0 aliphatic carbocycles. The predicted octanol–water partition coefficient (Wildman–Crippen LogP) is 3.21. The van der Waals surface area contributed by atoms with Crippen LogP contribution in [0.4, 0.5) is 0 Å². The summed E-state index contributed by atoms with van der Waals surface area (Å²) in [7, 11) is 0. The van der Waals surface area contributed by atoms with Gasteiger partial charge in [0.25, 0.3) is 5.91 Å². The largest absolute Gasteiger partial charge is 0.366 e. The first-order valence-electron chi connectivity index (χ1n) is 8.98. The van der Waals surface area contributed by atoms with Crippen molar-refractivity contribution >= 4 is 35.0 Å². The highest BCUT2D eigenvalue weighted by Gasteiger charge is 2.19. The van der Waals surface area contributed by atoms with Crippen molar-refractivity contribution in [2.45, 2.75) is 19.8 Å². The molecule has 0 bridgehead atoms. The normalized spacial score (nSPS) is 10.7. The number of hydrogen-bond donors (Lipinski definition) is 2. The third kappa shape index (κ3) is 4.75. The maximum absolute atomic E-state index is 12.5. The molecule has 0 unspecified atom stereocenters. The van der Waals surface area contributed by atoms with Gasteiger partial charge in [-0.3, -0.25) is 9.59 Å². The molecule has 0 atom stereocenters. The van der Waals surface area contributed by atoms with Crippen molar-refractivity contribution in [2.24, 2.45) is 5.73 Å². The van der Waals surface area contributed by atoms with E-state index < -0.39 is 11.8 Å². The molecule has 1 heterocycles. The molecule has 0 saturated carbocycles. The van der Waals surface area contributed by atoms with E-state index in [9.17, 15) is 9.59 Å². The average Bonchev–Trinajstić information content (AvgIpc) is 3.12. The Morgan fingerprint density at radius 2 is 1.83 bits per heavy atom. The molecule has 2 aromatic carbocycles. The van der Waals surface area contributed by atoms with Gasteiger partial charge in [0.15, 0.2) is 0 Å². The number of aromatic nitrogens is 3. The van der Waals surface area contributed by atoms with E-state index >= 15 is 0 Å². The zero-order valence-corrected chi connectivity index (χ0v) is 17.2. The average molecular weight is 432 g/mol. The van der Waals surface area contributed by atoms with Gasteiger partial charge in [0.2, 0.25) is 11.7 Å². The van der Waals surface area contributed by atoms with Crippen LogP contribution in [-0.2, 0) is 12.8 Å². The fourth-order valence-electron chi connectivity index (χ4n) is 2.82. The summed E-state index contributed by atoms with van der Waals surface area (Å²) in [6.07, 6.45) is 1.08. The van der Waals surface area contributed by atoms with Crippen LogP contribution in [0.3, 0.4) is 0 Å². The summed E-state index contributed by atoms with van der Waals surface area (Å²) < 4.78 is 1.50. The Balaban J connectivity index is 1.73. The summed E-state index contributed by atoms with van der Waals surface area (Å²) in [5, 5.41) is 7.91. The molecule has 7 nitrogen and oxygen atoms in total. The highest BCUT2D eigenvalue weighted by molar-refractivity contribution is 6.37. The van der Waals surface area contributed by atoms with Gasteiger partial charge < -0.3 is 11.1 Å². The number of para-hydroxylation sites is 1. The fourth-order valence-corrected chi connectivity index (χ4v) is 3.38. The molecule has 0 saturated heterocycles. The molecule has 0 aliphatic heterocycles. The number of nitrogens with zero attached hydrogens (tertiary/aromatic N) is 3. The lowest BCUT2D eigenvalue weighted by molar-refractivity contribution is 0.0942. The Morgan fingerprint density at radius 1 is 1.14 bits per heavy atom. The Labute approximate surface area is 177 Å². The van der Waals surface area contributed by atoms with Gasteiger partial charge in [0.1, 0.15) is 11.5 Å². The molecule has 0 radical (unpaired) electrons. The maximum Gasteiger partial charge on any atom is 0.290 e. The van der Waals surface area contributed by atoms with Gasteiger partial charge in [-0.15, -0.1) is 5.10 Å². The first kappa shape index (κ1) is 20.8. The molecule has 2 amide bonds. The van der Waals surface area contributed by atoms with Crippen LogP contribution in [-0.4, -0.2) is 33.1 Å². The Morgan fingerprint density at radius 3 is 2.48 bits per heavy atom. The van der Waals surface area contributed by atoms with E-state index in [2.05, 4.69) is 15.4 Å². The Kier molecular flexibility index (Phi) is 6.51. The SMILES string of the molecule is CCc1nc(C(=O)NCCc2cccc(C(N)=O)c2)nn1-c1c(Cl)cccc1Cl. The monoisotopic (exact) mass is 431 g/mol. The minimum Gasteiger partial charge on any atom is -0.366 e. The first-order chi connectivity index (χ1) is 13.9. The lowest BCUT2D eigenvalue weighted by atomic mass is 10.1. The number of rotatable bonds is 7. The highest BCUT2D eigenvalue weighted by Crippen LogP contribution is 2.28. The number of amides is 2. The summed E-state index contributed by atoms with van der Waals surface area (Å²) >= 11 is 12.5. The molecular weight excluding hydrogens is 413 g/mol. The first-order valence-corrected chi connectivity index (χ1v) is 9.73. The van der Waals surface area contributed by atoms with Gasteiger partial charge in [0, 0.05) is 18.5 Å². The van der Waals surface area contributed by atoms with Crippen LogP contribution in [0.15, 0.2) is 42.5 Å². The quantitative estimate of drug-likeness (QED) is 0.599. The fraction of sp³-hybridized carbons (Fsp3) is 0.200. The zero-order valence-electron chi connectivity index (χ0n) is 15.7. The van der Waals surface area contributed by atoms with Crippen LogP contribution in [0.1, 0.15) is 39.3 Å². The summed E-state index contributed by atoms with van der Waals surface area (Å²) in [6, 6.07) is 12.1. The van der Waals surface area contributed by atoms with E-state index in [0.717, 1.165) is 5.56 Å². The Bertz CT molecular complexity index is 1040. The summed E-state index contributed by atoms with van der Waals surface area (Å²) in [6.45, 7) is 2.25. The molecule has 0 spiro atoms. The topological polar surface area (TPSA) is 103 Å². The van der Waals surface area contributed by atoms with Gasteiger partial charge in [0.05, 0.1) is 10.0 Å².